The topological polar surface area (TPSA) is 41.1 Å². The first-order chi connectivity index (χ1) is 8.13. The summed E-state index contributed by atoms with van der Waals surface area (Å²) in [6.45, 7) is 5.09. The van der Waals surface area contributed by atoms with Crippen LogP contribution in [0.2, 0.25) is 0 Å². The first kappa shape index (κ1) is 14.1. The molecule has 1 rings (SSSR count). The van der Waals surface area contributed by atoms with Gasteiger partial charge in [0, 0.05) is 24.5 Å². The van der Waals surface area contributed by atoms with Gasteiger partial charge in [0.05, 0.1) is 5.75 Å². The second kappa shape index (κ2) is 7.35. The number of hydrogen-bond donors (Lipinski definition) is 2. The molecule has 0 aliphatic heterocycles. The van der Waals surface area contributed by atoms with Gasteiger partial charge in [-0.05, 0) is 11.6 Å². The maximum Gasteiger partial charge on any atom is 0.230 e. The SMILES string of the molecule is CNC(=O)CSc1ccccc1CNC(C)C. The van der Waals surface area contributed by atoms with Crippen molar-refractivity contribution < 1.29 is 4.79 Å². The van der Waals surface area contributed by atoms with Crippen LogP contribution in [0.25, 0.3) is 0 Å². The quantitative estimate of drug-likeness (QED) is 0.761. The van der Waals surface area contributed by atoms with Gasteiger partial charge in [-0.25, -0.2) is 0 Å². The Labute approximate surface area is 107 Å². The van der Waals surface area contributed by atoms with Gasteiger partial charge in [-0.15, -0.1) is 11.8 Å². The third-order valence-electron chi connectivity index (χ3n) is 2.31. The average molecular weight is 252 g/mol. The first-order valence-electron chi connectivity index (χ1n) is 5.78. The molecule has 0 saturated carbocycles. The summed E-state index contributed by atoms with van der Waals surface area (Å²) in [7, 11) is 1.66. The van der Waals surface area contributed by atoms with Gasteiger partial charge in [0.2, 0.25) is 5.91 Å². The number of carbonyl (C=O) groups is 1. The van der Waals surface area contributed by atoms with Crippen LogP contribution in [-0.2, 0) is 11.3 Å². The van der Waals surface area contributed by atoms with Crippen molar-refractivity contribution in [2.24, 2.45) is 0 Å². The van der Waals surface area contributed by atoms with E-state index in [1.165, 1.54) is 10.5 Å². The van der Waals surface area contributed by atoms with E-state index in [1.807, 2.05) is 12.1 Å². The highest BCUT2D eigenvalue weighted by Gasteiger charge is 2.05. The van der Waals surface area contributed by atoms with Crippen molar-refractivity contribution >= 4 is 17.7 Å². The minimum absolute atomic E-state index is 0.0571. The van der Waals surface area contributed by atoms with Crippen molar-refractivity contribution in [1.29, 1.82) is 0 Å². The molecule has 0 radical (unpaired) electrons. The molecule has 17 heavy (non-hydrogen) atoms. The van der Waals surface area contributed by atoms with Crippen molar-refractivity contribution in [1.82, 2.24) is 10.6 Å². The Bertz CT molecular complexity index is 366. The van der Waals surface area contributed by atoms with E-state index in [0.29, 0.717) is 11.8 Å². The van der Waals surface area contributed by atoms with Gasteiger partial charge in [-0.2, -0.15) is 0 Å². The molecule has 0 bridgehead atoms. The lowest BCUT2D eigenvalue weighted by Crippen LogP contribution is -2.22. The molecular formula is C13H20N2OS. The van der Waals surface area contributed by atoms with Crippen molar-refractivity contribution in [3.8, 4) is 0 Å². The van der Waals surface area contributed by atoms with Crippen LogP contribution in [0.5, 0.6) is 0 Å². The summed E-state index contributed by atoms with van der Waals surface area (Å²) in [6.07, 6.45) is 0. The van der Waals surface area contributed by atoms with Crippen LogP contribution in [0, 0.1) is 0 Å². The third kappa shape index (κ3) is 5.24. The molecule has 2 N–H and O–H groups in total. The van der Waals surface area contributed by atoms with Crippen LogP contribution in [0.15, 0.2) is 29.2 Å². The monoisotopic (exact) mass is 252 g/mol. The first-order valence-corrected chi connectivity index (χ1v) is 6.76. The molecule has 0 heterocycles. The average Bonchev–Trinajstić information content (AvgIpc) is 2.34. The van der Waals surface area contributed by atoms with E-state index in [4.69, 9.17) is 0 Å². The number of amides is 1. The molecule has 3 nitrogen and oxygen atoms in total. The van der Waals surface area contributed by atoms with Gasteiger partial charge in [0.25, 0.3) is 0 Å². The van der Waals surface area contributed by atoms with Crippen LogP contribution in [0.1, 0.15) is 19.4 Å². The number of rotatable bonds is 6. The summed E-state index contributed by atoms with van der Waals surface area (Å²) < 4.78 is 0. The van der Waals surface area contributed by atoms with Crippen molar-refractivity contribution in [3.63, 3.8) is 0 Å². The van der Waals surface area contributed by atoms with Crippen LogP contribution in [0.3, 0.4) is 0 Å². The van der Waals surface area contributed by atoms with Gasteiger partial charge in [0.15, 0.2) is 0 Å². The second-order valence-electron chi connectivity index (χ2n) is 4.11. The predicted octanol–water partition coefficient (Wildman–Crippen LogP) is 2.02. The van der Waals surface area contributed by atoms with Crippen molar-refractivity contribution in [3.05, 3.63) is 29.8 Å². The minimum Gasteiger partial charge on any atom is -0.358 e. The summed E-state index contributed by atoms with van der Waals surface area (Å²) in [5, 5.41) is 6.02. The molecule has 1 aromatic rings. The summed E-state index contributed by atoms with van der Waals surface area (Å²) in [5.74, 6) is 0.525. The standard InChI is InChI=1S/C13H20N2OS/c1-10(2)15-8-11-6-4-5-7-12(11)17-9-13(16)14-3/h4-7,10,15H,8-9H2,1-3H3,(H,14,16). The molecule has 0 aliphatic rings. The molecule has 0 spiro atoms. The highest BCUT2D eigenvalue weighted by Crippen LogP contribution is 2.22. The molecule has 1 amide bonds. The zero-order valence-corrected chi connectivity index (χ0v) is 11.4. The second-order valence-corrected chi connectivity index (χ2v) is 5.12. The largest absolute Gasteiger partial charge is 0.358 e. The fraction of sp³-hybridized carbons (Fsp3) is 0.462. The fourth-order valence-corrected chi connectivity index (χ4v) is 2.25. The van der Waals surface area contributed by atoms with Gasteiger partial charge in [-0.1, -0.05) is 32.0 Å². The Morgan fingerprint density at radius 2 is 2.06 bits per heavy atom. The normalized spacial score (nSPS) is 10.6. The van der Waals surface area contributed by atoms with Gasteiger partial charge < -0.3 is 10.6 Å². The van der Waals surface area contributed by atoms with E-state index < -0.39 is 0 Å². The van der Waals surface area contributed by atoms with E-state index in [1.54, 1.807) is 18.8 Å². The zero-order valence-electron chi connectivity index (χ0n) is 10.6. The predicted molar refractivity (Wildman–Crippen MR) is 73.2 cm³/mol. The minimum atomic E-state index is 0.0571. The van der Waals surface area contributed by atoms with E-state index in [2.05, 4.69) is 36.6 Å². The van der Waals surface area contributed by atoms with E-state index in [-0.39, 0.29) is 5.91 Å². The van der Waals surface area contributed by atoms with Gasteiger partial charge in [-0.3, -0.25) is 4.79 Å². The van der Waals surface area contributed by atoms with Crippen LogP contribution in [-0.4, -0.2) is 24.7 Å². The molecule has 0 aromatic heterocycles. The Hall–Kier alpha value is -1.00. The summed E-state index contributed by atoms with van der Waals surface area (Å²) in [5.41, 5.74) is 1.25. The number of hydrogen-bond acceptors (Lipinski definition) is 3. The van der Waals surface area contributed by atoms with E-state index in [0.717, 1.165) is 6.54 Å². The Balaban J connectivity index is 2.60. The highest BCUT2D eigenvalue weighted by atomic mass is 32.2. The molecule has 0 atom stereocenters. The molecule has 4 heteroatoms. The van der Waals surface area contributed by atoms with E-state index >= 15 is 0 Å². The highest BCUT2D eigenvalue weighted by molar-refractivity contribution is 8.00. The zero-order chi connectivity index (χ0) is 12.7. The number of carbonyl (C=O) groups excluding carboxylic acids is 1. The lowest BCUT2D eigenvalue weighted by molar-refractivity contribution is -0.118. The molecule has 0 aliphatic carbocycles. The molecule has 0 saturated heterocycles. The number of nitrogens with one attached hydrogen (secondary N) is 2. The van der Waals surface area contributed by atoms with E-state index in [9.17, 15) is 4.79 Å². The molecule has 0 fully saturated rings. The molecule has 1 aromatic carbocycles. The van der Waals surface area contributed by atoms with Crippen LogP contribution < -0.4 is 10.6 Å². The fourth-order valence-electron chi connectivity index (χ4n) is 1.32. The molecule has 94 valence electrons. The van der Waals surface area contributed by atoms with Crippen molar-refractivity contribution in [2.45, 2.75) is 31.3 Å². The molecule has 0 unspecified atom stereocenters. The number of thioether (sulfide) groups is 1. The third-order valence-corrected chi connectivity index (χ3v) is 3.43. The summed E-state index contributed by atoms with van der Waals surface area (Å²) >= 11 is 1.58. The summed E-state index contributed by atoms with van der Waals surface area (Å²) in [4.78, 5) is 12.4. The van der Waals surface area contributed by atoms with Gasteiger partial charge in [0.1, 0.15) is 0 Å². The Morgan fingerprint density at radius 1 is 1.35 bits per heavy atom. The maximum atomic E-state index is 11.2. The lowest BCUT2D eigenvalue weighted by atomic mass is 10.2. The lowest BCUT2D eigenvalue weighted by Gasteiger charge is -2.12. The Morgan fingerprint density at radius 3 is 2.71 bits per heavy atom. The molecular weight excluding hydrogens is 232 g/mol. The van der Waals surface area contributed by atoms with Crippen molar-refractivity contribution in [2.75, 3.05) is 12.8 Å². The smallest absolute Gasteiger partial charge is 0.230 e. The van der Waals surface area contributed by atoms with Gasteiger partial charge >= 0.3 is 0 Å². The number of benzene rings is 1. The van der Waals surface area contributed by atoms with Crippen LogP contribution in [0.4, 0.5) is 0 Å². The summed E-state index contributed by atoms with van der Waals surface area (Å²) in [6, 6.07) is 8.66. The Kier molecular flexibility index (Phi) is 6.08. The maximum absolute atomic E-state index is 11.2. The van der Waals surface area contributed by atoms with Crippen LogP contribution >= 0.6 is 11.8 Å².